The maximum atomic E-state index is 11.8. The summed E-state index contributed by atoms with van der Waals surface area (Å²) in [5.41, 5.74) is 4.34. The molecule has 0 spiro atoms. The molecule has 1 fully saturated rings. The summed E-state index contributed by atoms with van der Waals surface area (Å²) in [6, 6.07) is 0. The van der Waals surface area contributed by atoms with Gasteiger partial charge in [0.1, 0.15) is 5.84 Å². The number of nitrogens with two attached hydrogens (primary N) is 1. The maximum absolute atomic E-state index is 11.8. The molecule has 1 aliphatic rings. The number of piperidine rings is 1. The molecular weight excluding hydrogens is 292 g/mol. The molecule has 1 heterocycles. The van der Waals surface area contributed by atoms with Gasteiger partial charge in [0.2, 0.25) is 10.0 Å². The number of likely N-dealkylation sites (tertiary alicyclic amines) is 1. The van der Waals surface area contributed by atoms with Crippen molar-refractivity contribution in [1.82, 2.24) is 9.62 Å². The monoisotopic (exact) mass is 312 g/mol. The van der Waals surface area contributed by atoms with Crippen LogP contribution in [0.25, 0.3) is 0 Å². The molecule has 0 amide bonds. The Balaban J connectivity index is 2.95. The maximum Gasteiger partial charge on any atom is 0.226 e. The summed E-state index contributed by atoms with van der Waals surface area (Å²) < 4.78 is 48.2. The fraction of sp³-hybridized carbons (Fsp3) is 0.889. The molecule has 112 valence electrons. The van der Waals surface area contributed by atoms with Gasteiger partial charge in [0.05, 0.1) is 5.54 Å². The summed E-state index contributed by atoms with van der Waals surface area (Å²) >= 11 is 0. The molecule has 0 bridgehead atoms. The van der Waals surface area contributed by atoms with Crippen LogP contribution in [-0.2, 0) is 19.9 Å². The van der Waals surface area contributed by atoms with Crippen LogP contribution >= 0.6 is 0 Å². The van der Waals surface area contributed by atoms with Gasteiger partial charge < -0.3 is 10.6 Å². The molecule has 19 heavy (non-hydrogen) atoms. The first-order valence-electron chi connectivity index (χ1n) is 5.68. The molecular formula is C9H20N4O4S2. The van der Waals surface area contributed by atoms with E-state index in [1.165, 1.54) is 0 Å². The van der Waals surface area contributed by atoms with Gasteiger partial charge in [-0.25, -0.2) is 21.6 Å². The molecule has 0 radical (unpaired) electrons. The Morgan fingerprint density at radius 3 is 2.16 bits per heavy atom. The number of amidine groups is 1. The molecule has 0 aromatic heterocycles. The SMILES string of the molecule is CN1CCC(NS(=O)(=O)CS(C)(=O)=O)(C(=N)N)CC1. The number of hydrogen-bond acceptors (Lipinski definition) is 6. The number of sulfonamides is 1. The Labute approximate surface area is 113 Å². The van der Waals surface area contributed by atoms with Gasteiger partial charge in [0, 0.05) is 19.3 Å². The zero-order valence-electron chi connectivity index (χ0n) is 11.0. The van der Waals surface area contributed by atoms with E-state index in [4.69, 9.17) is 11.1 Å². The third kappa shape index (κ3) is 4.71. The molecule has 0 unspecified atom stereocenters. The van der Waals surface area contributed by atoms with Crippen molar-refractivity contribution < 1.29 is 16.8 Å². The van der Waals surface area contributed by atoms with E-state index in [0.29, 0.717) is 25.9 Å². The van der Waals surface area contributed by atoms with Gasteiger partial charge in [-0.2, -0.15) is 0 Å². The Kier molecular flexibility index (Phi) is 4.60. The van der Waals surface area contributed by atoms with Crippen molar-refractivity contribution >= 4 is 25.7 Å². The first kappa shape index (κ1) is 16.3. The zero-order valence-corrected chi connectivity index (χ0v) is 12.6. The van der Waals surface area contributed by atoms with E-state index >= 15 is 0 Å². The smallest absolute Gasteiger partial charge is 0.226 e. The number of nitrogens with zero attached hydrogens (tertiary/aromatic N) is 1. The number of hydrogen-bond donors (Lipinski definition) is 3. The molecule has 0 aromatic rings. The summed E-state index contributed by atoms with van der Waals surface area (Å²) in [5, 5.41) is 6.60. The minimum atomic E-state index is -4.04. The van der Waals surface area contributed by atoms with Gasteiger partial charge >= 0.3 is 0 Å². The fourth-order valence-corrected chi connectivity index (χ4v) is 5.44. The van der Waals surface area contributed by atoms with Crippen molar-refractivity contribution in [2.75, 3.05) is 31.5 Å². The van der Waals surface area contributed by atoms with Crippen LogP contribution in [0, 0.1) is 5.41 Å². The quantitative estimate of drug-likeness (QED) is 0.409. The third-order valence-corrected chi connectivity index (χ3v) is 6.73. The molecule has 0 atom stereocenters. The molecule has 10 heteroatoms. The Hall–Kier alpha value is -0.710. The third-order valence-electron chi connectivity index (χ3n) is 3.08. The minimum Gasteiger partial charge on any atom is -0.386 e. The predicted molar refractivity (Wildman–Crippen MR) is 73.1 cm³/mol. The van der Waals surface area contributed by atoms with Crippen molar-refractivity contribution in [3.8, 4) is 0 Å². The molecule has 1 rings (SSSR count). The second-order valence-electron chi connectivity index (χ2n) is 5.06. The van der Waals surface area contributed by atoms with Gasteiger partial charge in [-0.15, -0.1) is 0 Å². The first-order chi connectivity index (χ1) is 8.46. The molecule has 4 N–H and O–H groups in total. The van der Waals surface area contributed by atoms with Crippen LogP contribution < -0.4 is 10.5 Å². The lowest BCUT2D eigenvalue weighted by Gasteiger charge is -2.39. The van der Waals surface area contributed by atoms with E-state index < -0.39 is 30.5 Å². The lowest BCUT2D eigenvalue weighted by molar-refractivity contribution is 0.219. The molecule has 0 aromatic carbocycles. The predicted octanol–water partition coefficient (Wildman–Crippen LogP) is -1.69. The average Bonchev–Trinajstić information content (AvgIpc) is 2.17. The van der Waals surface area contributed by atoms with E-state index in [9.17, 15) is 16.8 Å². The second-order valence-corrected chi connectivity index (χ2v) is 9.29. The lowest BCUT2D eigenvalue weighted by atomic mass is 9.88. The lowest BCUT2D eigenvalue weighted by Crippen LogP contribution is -2.62. The highest BCUT2D eigenvalue weighted by atomic mass is 32.3. The Morgan fingerprint density at radius 2 is 1.79 bits per heavy atom. The number of sulfone groups is 1. The van der Waals surface area contributed by atoms with Gasteiger partial charge in [-0.3, -0.25) is 5.41 Å². The molecule has 1 aliphatic heterocycles. The fourth-order valence-electron chi connectivity index (χ4n) is 2.04. The second kappa shape index (κ2) is 5.35. The highest BCUT2D eigenvalue weighted by molar-refractivity contribution is 8.06. The zero-order chi connectivity index (χ0) is 14.9. The molecule has 0 aliphatic carbocycles. The Bertz CT molecular complexity index is 547. The normalized spacial score (nSPS) is 21.2. The summed E-state index contributed by atoms with van der Waals surface area (Å²) in [6.07, 6.45) is 1.55. The van der Waals surface area contributed by atoms with Crippen molar-refractivity contribution in [1.29, 1.82) is 5.41 Å². The van der Waals surface area contributed by atoms with Crippen LogP contribution in [0.5, 0.6) is 0 Å². The highest BCUT2D eigenvalue weighted by Crippen LogP contribution is 2.22. The van der Waals surface area contributed by atoms with Crippen LogP contribution in [-0.4, -0.2) is 64.6 Å². The molecule has 8 nitrogen and oxygen atoms in total. The van der Waals surface area contributed by atoms with E-state index in [1.807, 2.05) is 11.9 Å². The van der Waals surface area contributed by atoms with Crippen molar-refractivity contribution in [3.05, 3.63) is 0 Å². The van der Waals surface area contributed by atoms with Gasteiger partial charge in [-0.05, 0) is 19.9 Å². The summed E-state index contributed by atoms with van der Waals surface area (Å²) in [4.78, 5) is 1.99. The summed E-state index contributed by atoms with van der Waals surface area (Å²) in [6.45, 7) is 1.17. The van der Waals surface area contributed by atoms with Crippen LogP contribution in [0.3, 0.4) is 0 Å². The van der Waals surface area contributed by atoms with Crippen molar-refractivity contribution in [2.24, 2.45) is 5.73 Å². The van der Waals surface area contributed by atoms with Crippen molar-refractivity contribution in [2.45, 2.75) is 18.4 Å². The van der Waals surface area contributed by atoms with Gasteiger partial charge in [0.25, 0.3) is 0 Å². The van der Waals surface area contributed by atoms with E-state index in [-0.39, 0.29) is 5.84 Å². The van der Waals surface area contributed by atoms with Crippen LogP contribution in [0.1, 0.15) is 12.8 Å². The largest absolute Gasteiger partial charge is 0.386 e. The van der Waals surface area contributed by atoms with Crippen LogP contribution in [0.2, 0.25) is 0 Å². The van der Waals surface area contributed by atoms with E-state index in [1.54, 1.807) is 0 Å². The summed E-state index contributed by atoms with van der Waals surface area (Å²) in [7, 11) is -5.82. The highest BCUT2D eigenvalue weighted by Gasteiger charge is 2.40. The summed E-state index contributed by atoms with van der Waals surface area (Å²) in [5.74, 6) is -0.280. The molecule has 0 saturated carbocycles. The first-order valence-corrected chi connectivity index (χ1v) is 9.39. The topological polar surface area (TPSA) is 133 Å². The number of rotatable bonds is 5. The Morgan fingerprint density at radius 1 is 1.32 bits per heavy atom. The average molecular weight is 312 g/mol. The van der Waals surface area contributed by atoms with E-state index in [2.05, 4.69) is 4.72 Å². The van der Waals surface area contributed by atoms with Crippen molar-refractivity contribution in [3.63, 3.8) is 0 Å². The number of nitrogens with one attached hydrogen (secondary N) is 2. The van der Waals surface area contributed by atoms with Crippen LogP contribution in [0.15, 0.2) is 0 Å². The molecule has 1 saturated heterocycles. The van der Waals surface area contributed by atoms with Gasteiger partial charge in [-0.1, -0.05) is 0 Å². The standard InChI is InChI=1S/C9H20N4O4S2/c1-13-5-3-9(4-6-13,8(10)11)12-19(16,17)7-18(2,14)15/h12H,3-7H2,1-2H3,(H3,10,11). The van der Waals surface area contributed by atoms with E-state index in [0.717, 1.165) is 6.26 Å². The minimum absolute atomic E-state index is 0.280. The van der Waals surface area contributed by atoms with Gasteiger partial charge in [0.15, 0.2) is 14.9 Å². The van der Waals surface area contributed by atoms with Crippen LogP contribution in [0.4, 0.5) is 0 Å².